The van der Waals surface area contributed by atoms with E-state index in [1.807, 2.05) is 44.2 Å². The smallest absolute Gasteiger partial charge is 0.243 e. The molecule has 8 heteroatoms. The lowest BCUT2D eigenvalue weighted by Gasteiger charge is -2.18. The van der Waals surface area contributed by atoms with E-state index in [9.17, 15) is 13.2 Å². The van der Waals surface area contributed by atoms with Gasteiger partial charge in [-0.15, -0.1) is 0 Å². The zero-order valence-corrected chi connectivity index (χ0v) is 20.3. The van der Waals surface area contributed by atoms with Crippen LogP contribution >= 0.6 is 0 Å². The summed E-state index contributed by atoms with van der Waals surface area (Å²) in [5.41, 5.74) is 2.87. The van der Waals surface area contributed by atoms with Gasteiger partial charge in [0.15, 0.2) is 0 Å². The van der Waals surface area contributed by atoms with Crippen LogP contribution in [0.4, 0.5) is 5.69 Å². The molecule has 1 amide bonds. The van der Waals surface area contributed by atoms with Crippen LogP contribution in [0.5, 0.6) is 5.75 Å². The van der Waals surface area contributed by atoms with Gasteiger partial charge in [0.05, 0.1) is 17.7 Å². The maximum Gasteiger partial charge on any atom is 0.243 e. The topological polar surface area (TPSA) is 88.9 Å². The van der Waals surface area contributed by atoms with Gasteiger partial charge in [0, 0.05) is 36.3 Å². The second kappa shape index (κ2) is 9.87. The van der Waals surface area contributed by atoms with E-state index in [0.717, 1.165) is 21.9 Å². The maximum atomic E-state index is 12.7. The summed E-state index contributed by atoms with van der Waals surface area (Å²) in [5.74, 6) is 0.381. The lowest BCUT2D eigenvalue weighted by Crippen LogP contribution is -2.30. The first-order chi connectivity index (χ1) is 16.4. The SMILES string of the molecule is CCN(CC)S(=O)(=O)c1ccc(CCC(=O)Nc2cc3oc4ccccc4c3cc2OC)cc1. The van der Waals surface area contributed by atoms with Crippen molar-refractivity contribution < 1.29 is 22.4 Å². The Bertz CT molecular complexity index is 1420. The first kappa shape index (κ1) is 23.8. The van der Waals surface area contributed by atoms with Crippen LogP contribution in [0, 0.1) is 0 Å². The number of nitrogens with one attached hydrogen (secondary N) is 1. The van der Waals surface area contributed by atoms with Crippen LogP contribution in [-0.2, 0) is 21.2 Å². The maximum absolute atomic E-state index is 12.7. The van der Waals surface area contributed by atoms with Gasteiger partial charge in [-0.2, -0.15) is 4.31 Å². The number of amides is 1. The summed E-state index contributed by atoms with van der Waals surface area (Å²) < 4.78 is 38.1. The summed E-state index contributed by atoms with van der Waals surface area (Å²) >= 11 is 0. The van der Waals surface area contributed by atoms with Gasteiger partial charge in [0.2, 0.25) is 15.9 Å². The van der Waals surface area contributed by atoms with Crippen molar-refractivity contribution in [1.82, 2.24) is 4.31 Å². The Morgan fingerprint density at radius 3 is 2.35 bits per heavy atom. The van der Waals surface area contributed by atoms with Crippen molar-refractivity contribution >= 4 is 43.6 Å². The molecule has 0 atom stereocenters. The van der Waals surface area contributed by atoms with Gasteiger partial charge in [0.25, 0.3) is 0 Å². The van der Waals surface area contributed by atoms with E-state index in [4.69, 9.17) is 9.15 Å². The van der Waals surface area contributed by atoms with Crippen LogP contribution in [0.15, 0.2) is 70.0 Å². The first-order valence-electron chi connectivity index (χ1n) is 11.3. The Balaban J connectivity index is 1.45. The average molecular weight is 481 g/mol. The third kappa shape index (κ3) is 4.64. The number of carbonyl (C=O) groups is 1. The Morgan fingerprint density at radius 2 is 1.68 bits per heavy atom. The zero-order valence-electron chi connectivity index (χ0n) is 19.5. The second-order valence-corrected chi connectivity index (χ2v) is 9.87. The molecular weight excluding hydrogens is 452 g/mol. The summed E-state index contributed by atoms with van der Waals surface area (Å²) in [4.78, 5) is 12.9. The molecule has 0 bridgehead atoms. The molecule has 1 heterocycles. The quantitative estimate of drug-likeness (QED) is 0.356. The summed E-state index contributed by atoms with van der Waals surface area (Å²) in [6.07, 6.45) is 0.718. The molecular formula is C26H28N2O5S. The van der Waals surface area contributed by atoms with Crippen LogP contribution in [-0.4, -0.2) is 38.8 Å². The number of benzene rings is 3. The minimum absolute atomic E-state index is 0.173. The molecule has 1 N–H and O–H groups in total. The highest BCUT2D eigenvalue weighted by Gasteiger charge is 2.21. The van der Waals surface area contributed by atoms with Crippen molar-refractivity contribution in [1.29, 1.82) is 0 Å². The van der Waals surface area contributed by atoms with Crippen molar-refractivity contribution in [3.63, 3.8) is 0 Å². The molecule has 3 aromatic carbocycles. The molecule has 0 aliphatic heterocycles. The molecule has 0 radical (unpaired) electrons. The lowest BCUT2D eigenvalue weighted by atomic mass is 10.1. The highest BCUT2D eigenvalue weighted by molar-refractivity contribution is 7.89. The number of hydrogen-bond donors (Lipinski definition) is 1. The third-order valence-electron chi connectivity index (χ3n) is 5.88. The fourth-order valence-electron chi connectivity index (χ4n) is 4.03. The van der Waals surface area contributed by atoms with Crippen molar-refractivity contribution in [2.24, 2.45) is 0 Å². The van der Waals surface area contributed by atoms with Gasteiger partial charge in [-0.3, -0.25) is 4.79 Å². The number of nitrogens with zero attached hydrogens (tertiary/aromatic N) is 1. The molecule has 7 nitrogen and oxygen atoms in total. The molecule has 0 saturated carbocycles. The second-order valence-electron chi connectivity index (χ2n) is 7.93. The van der Waals surface area contributed by atoms with E-state index in [1.165, 1.54) is 4.31 Å². The molecule has 0 spiro atoms. The van der Waals surface area contributed by atoms with Crippen molar-refractivity contribution in [3.8, 4) is 5.75 Å². The molecule has 0 fully saturated rings. The fraction of sp³-hybridized carbons (Fsp3) is 0.269. The highest BCUT2D eigenvalue weighted by atomic mass is 32.2. The van der Waals surface area contributed by atoms with Crippen LogP contribution in [0.1, 0.15) is 25.8 Å². The number of furan rings is 1. The number of hydrogen-bond acceptors (Lipinski definition) is 5. The van der Waals surface area contributed by atoms with Crippen molar-refractivity contribution in [2.45, 2.75) is 31.6 Å². The molecule has 0 aliphatic rings. The highest BCUT2D eigenvalue weighted by Crippen LogP contribution is 2.36. The lowest BCUT2D eigenvalue weighted by molar-refractivity contribution is -0.116. The average Bonchev–Trinajstić information content (AvgIpc) is 3.20. The third-order valence-corrected chi connectivity index (χ3v) is 7.94. The summed E-state index contributed by atoms with van der Waals surface area (Å²) in [6, 6.07) is 18.1. The van der Waals surface area contributed by atoms with Crippen LogP contribution in [0.25, 0.3) is 21.9 Å². The summed E-state index contributed by atoms with van der Waals surface area (Å²) in [6.45, 7) is 4.47. The van der Waals surface area contributed by atoms with E-state index in [0.29, 0.717) is 36.5 Å². The molecule has 0 aliphatic carbocycles. The van der Waals surface area contributed by atoms with Crippen molar-refractivity contribution in [3.05, 3.63) is 66.2 Å². The first-order valence-corrected chi connectivity index (χ1v) is 12.7. The molecule has 1 aromatic heterocycles. The van der Waals surface area contributed by atoms with Crippen LogP contribution < -0.4 is 10.1 Å². The molecule has 34 heavy (non-hydrogen) atoms. The Hall–Kier alpha value is -3.36. The number of para-hydroxylation sites is 1. The van der Waals surface area contributed by atoms with Gasteiger partial charge in [-0.25, -0.2) is 8.42 Å². The van der Waals surface area contributed by atoms with Gasteiger partial charge in [-0.1, -0.05) is 44.2 Å². The number of anilines is 1. The molecule has 178 valence electrons. The molecule has 0 saturated heterocycles. The number of methoxy groups -OCH3 is 1. The van der Waals surface area contributed by atoms with Gasteiger partial charge < -0.3 is 14.5 Å². The zero-order chi connectivity index (χ0) is 24.3. The normalized spacial score (nSPS) is 11.9. The number of ether oxygens (including phenoxy) is 1. The molecule has 4 rings (SSSR count). The minimum atomic E-state index is -3.49. The largest absolute Gasteiger partial charge is 0.495 e. The summed E-state index contributed by atoms with van der Waals surface area (Å²) in [5, 5.41) is 4.82. The summed E-state index contributed by atoms with van der Waals surface area (Å²) in [7, 11) is -1.93. The Morgan fingerprint density at radius 1 is 0.971 bits per heavy atom. The van der Waals surface area contributed by atoms with Gasteiger partial charge in [0.1, 0.15) is 16.9 Å². The van der Waals surface area contributed by atoms with Crippen molar-refractivity contribution in [2.75, 3.05) is 25.5 Å². The number of fused-ring (bicyclic) bond motifs is 3. The predicted molar refractivity (Wildman–Crippen MR) is 134 cm³/mol. The molecule has 4 aromatic rings. The minimum Gasteiger partial charge on any atom is -0.495 e. The Labute approximate surface area is 199 Å². The van der Waals surface area contributed by atoms with Crippen LogP contribution in [0.2, 0.25) is 0 Å². The van der Waals surface area contributed by atoms with Crippen LogP contribution in [0.3, 0.4) is 0 Å². The van der Waals surface area contributed by atoms with E-state index in [1.54, 1.807) is 37.4 Å². The molecule has 0 unspecified atom stereocenters. The number of sulfonamides is 1. The monoisotopic (exact) mass is 480 g/mol. The van der Waals surface area contributed by atoms with E-state index < -0.39 is 10.0 Å². The van der Waals surface area contributed by atoms with Gasteiger partial charge >= 0.3 is 0 Å². The number of carbonyl (C=O) groups excluding carboxylic acids is 1. The van der Waals surface area contributed by atoms with E-state index >= 15 is 0 Å². The number of aryl methyl sites for hydroxylation is 1. The standard InChI is InChI=1S/C26H28N2O5S/c1-4-28(5-2)34(30,31)19-13-10-18(11-14-19)12-15-26(29)27-22-17-24-21(16-25(22)32-3)20-8-6-7-9-23(20)33-24/h6-11,13-14,16-17H,4-5,12,15H2,1-3H3,(H,27,29). The fourth-order valence-corrected chi connectivity index (χ4v) is 5.49. The Kier molecular flexibility index (Phi) is 6.90. The predicted octanol–water partition coefficient (Wildman–Crippen LogP) is 5.20. The van der Waals surface area contributed by atoms with Gasteiger partial charge in [-0.05, 0) is 36.2 Å². The number of rotatable bonds is 9. The van der Waals surface area contributed by atoms with E-state index in [-0.39, 0.29) is 17.2 Å². The van der Waals surface area contributed by atoms with E-state index in [2.05, 4.69) is 5.32 Å².